The molecule has 3 atom stereocenters. The first-order valence-corrected chi connectivity index (χ1v) is 15.4. The largest absolute Gasteiger partial charge is 0.450 e. The number of carbonyl (C=O) groups is 2. The van der Waals surface area contributed by atoms with E-state index in [4.69, 9.17) is 21.3 Å². The summed E-state index contributed by atoms with van der Waals surface area (Å²) in [5.41, 5.74) is 4.32. The number of amides is 2. The zero-order valence-corrected chi connectivity index (χ0v) is 25.2. The Morgan fingerprint density at radius 3 is 2.76 bits per heavy atom. The summed E-state index contributed by atoms with van der Waals surface area (Å²) in [6.45, 7) is 6.95. The molecule has 2 amide bonds. The number of nitrogens with one attached hydrogen (secondary N) is 3. The van der Waals surface area contributed by atoms with Gasteiger partial charge in [0.15, 0.2) is 5.69 Å². The topological polar surface area (TPSA) is 101 Å². The summed E-state index contributed by atoms with van der Waals surface area (Å²) >= 11 is 6.21. The van der Waals surface area contributed by atoms with E-state index in [1.807, 2.05) is 53.4 Å². The highest BCUT2D eigenvalue weighted by Gasteiger charge is 2.35. The number of rotatable bonds is 9. The van der Waals surface area contributed by atoms with Crippen molar-refractivity contribution in [3.05, 3.63) is 71.1 Å². The van der Waals surface area contributed by atoms with Crippen molar-refractivity contribution in [2.75, 3.05) is 38.1 Å². The number of anilines is 1. The molecule has 5 rings (SSSR count). The summed E-state index contributed by atoms with van der Waals surface area (Å²) < 4.78 is 7.31. The first kappa shape index (κ1) is 29.9. The van der Waals surface area contributed by atoms with Gasteiger partial charge in [0.05, 0.1) is 30.7 Å². The maximum absolute atomic E-state index is 14.3. The molecule has 1 saturated heterocycles. The van der Waals surface area contributed by atoms with Crippen LogP contribution in [0.2, 0.25) is 5.02 Å². The molecule has 2 fully saturated rings. The van der Waals surface area contributed by atoms with Gasteiger partial charge in [-0.3, -0.25) is 4.79 Å². The number of benzene rings is 2. The molecule has 0 spiro atoms. The van der Waals surface area contributed by atoms with Gasteiger partial charge in [-0.15, -0.1) is 0 Å². The number of nitrogens with zero attached hydrogens (tertiary/aromatic N) is 3. The van der Waals surface area contributed by atoms with Crippen LogP contribution >= 0.6 is 11.6 Å². The van der Waals surface area contributed by atoms with Crippen molar-refractivity contribution in [2.24, 2.45) is 0 Å². The average Bonchev–Trinajstić information content (AvgIpc) is 3.45. The van der Waals surface area contributed by atoms with E-state index in [-0.39, 0.29) is 24.0 Å². The monoisotopic (exact) mass is 592 g/mol. The summed E-state index contributed by atoms with van der Waals surface area (Å²) in [6, 6.07) is 15.7. The SMILES string of the molecule is CCOC(=O)N[C@H]1CCCC[C@@H]1n1cnc(C(=O)N2CCNC[C@H]2CCNc2cc(Cl)ccc2C)c1-c1ccccc1. The summed E-state index contributed by atoms with van der Waals surface area (Å²) in [5.74, 6) is -0.0660. The van der Waals surface area contributed by atoms with Gasteiger partial charge >= 0.3 is 6.09 Å². The average molecular weight is 593 g/mol. The summed E-state index contributed by atoms with van der Waals surface area (Å²) in [7, 11) is 0. The quantitative estimate of drug-likeness (QED) is 0.297. The smallest absolute Gasteiger partial charge is 0.407 e. The Morgan fingerprint density at radius 1 is 1.14 bits per heavy atom. The Labute approximate surface area is 253 Å². The van der Waals surface area contributed by atoms with E-state index in [9.17, 15) is 9.59 Å². The van der Waals surface area contributed by atoms with Crippen molar-refractivity contribution < 1.29 is 14.3 Å². The number of carbonyl (C=O) groups excluding carboxylic acids is 2. The molecule has 3 N–H and O–H groups in total. The van der Waals surface area contributed by atoms with E-state index in [0.717, 1.165) is 67.7 Å². The molecule has 2 aromatic carbocycles. The van der Waals surface area contributed by atoms with Crippen molar-refractivity contribution in [3.8, 4) is 11.3 Å². The van der Waals surface area contributed by atoms with Gasteiger partial charge < -0.3 is 30.2 Å². The molecule has 1 aliphatic carbocycles. The minimum absolute atomic E-state index is 0.0138. The molecule has 0 unspecified atom stereocenters. The van der Waals surface area contributed by atoms with Crippen LogP contribution in [0.5, 0.6) is 0 Å². The van der Waals surface area contributed by atoms with Crippen LogP contribution in [0.4, 0.5) is 10.5 Å². The third kappa shape index (κ3) is 6.90. The van der Waals surface area contributed by atoms with Crippen LogP contribution in [0.3, 0.4) is 0 Å². The highest BCUT2D eigenvalue weighted by molar-refractivity contribution is 6.30. The van der Waals surface area contributed by atoms with E-state index in [0.29, 0.717) is 30.4 Å². The highest BCUT2D eigenvalue weighted by atomic mass is 35.5. The van der Waals surface area contributed by atoms with Gasteiger partial charge in [-0.05, 0) is 50.8 Å². The molecular formula is C32H41ClN6O3. The zero-order chi connectivity index (χ0) is 29.5. The first-order valence-electron chi connectivity index (χ1n) is 15.0. The lowest BCUT2D eigenvalue weighted by atomic mass is 9.89. The number of aromatic nitrogens is 2. The van der Waals surface area contributed by atoms with Crippen molar-refractivity contribution in [1.29, 1.82) is 0 Å². The van der Waals surface area contributed by atoms with E-state index >= 15 is 0 Å². The number of aryl methyl sites for hydroxylation is 1. The van der Waals surface area contributed by atoms with E-state index < -0.39 is 6.09 Å². The van der Waals surface area contributed by atoms with Crippen LogP contribution in [-0.4, -0.2) is 71.3 Å². The third-order valence-electron chi connectivity index (χ3n) is 8.31. The van der Waals surface area contributed by atoms with Crippen molar-refractivity contribution in [2.45, 2.75) is 64.1 Å². The summed E-state index contributed by atoms with van der Waals surface area (Å²) in [5, 5.41) is 10.7. The van der Waals surface area contributed by atoms with Crippen molar-refractivity contribution in [3.63, 3.8) is 0 Å². The summed E-state index contributed by atoms with van der Waals surface area (Å²) in [4.78, 5) is 33.4. The fraction of sp³-hybridized carbons (Fsp3) is 0.469. The number of piperazine rings is 1. The molecule has 10 heteroatoms. The minimum Gasteiger partial charge on any atom is -0.450 e. The van der Waals surface area contributed by atoms with Crippen LogP contribution < -0.4 is 16.0 Å². The predicted molar refractivity (Wildman–Crippen MR) is 166 cm³/mol. The van der Waals surface area contributed by atoms with Gasteiger partial charge in [0.25, 0.3) is 5.91 Å². The van der Waals surface area contributed by atoms with Crippen LogP contribution in [0.25, 0.3) is 11.3 Å². The van der Waals surface area contributed by atoms with Gasteiger partial charge in [-0.25, -0.2) is 9.78 Å². The molecule has 0 bridgehead atoms. The second-order valence-corrected chi connectivity index (χ2v) is 11.5. The molecule has 2 heterocycles. The maximum atomic E-state index is 14.3. The standard InChI is InChI=1S/C32H41ClN6O3/c1-3-42-32(41)37-26-11-7-8-12-28(26)39-21-36-29(30(39)23-9-5-4-6-10-23)31(40)38-18-17-34-20-25(38)15-16-35-27-19-24(33)14-13-22(27)2/h4-6,9-10,13-14,19,21,25-26,28,34-35H,3,7-8,11-12,15-18,20H2,1-2H3,(H,37,41)/t25-,26+,28+/m1/s1. The lowest BCUT2D eigenvalue weighted by Gasteiger charge is -2.36. The number of ether oxygens (including phenoxy) is 1. The minimum atomic E-state index is -0.405. The van der Waals surface area contributed by atoms with Crippen LogP contribution in [0, 0.1) is 6.92 Å². The molecule has 224 valence electrons. The number of imidazole rings is 1. The fourth-order valence-corrected chi connectivity index (χ4v) is 6.34. The maximum Gasteiger partial charge on any atom is 0.407 e. The highest BCUT2D eigenvalue weighted by Crippen LogP contribution is 2.35. The second-order valence-electron chi connectivity index (χ2n) is 11.1. The molecular weight excluding hydrogens is 552 g/mol. The molecule has 1 aliphatic heterocycles. The second kappa shape index (κ2) is 14.1. The van der Waals surface area contributed by atoms with E-state index in [1.54, 1.807) is 13.3 Å². The van der Waals surface area contributed by atoms with Crippen LogP contribution in [0.1, 0.15) is 61.1 Å². The molecule has 1 saturated carbocycles. The Hall–Kier alpha value is -3.56. The van der Waals surface area contributed by atoms with Crippen LogP contribution in [0.15, 0.2) is 54.9 Å². The van der Waals surface area contributed by atoms with Gasteiger partial charge in [-0.2, -0.15) is 0 Å². The Kier molecular flexibility index (Phi) is 10.0. The zero-order valence-electron chi connectivity index (χ0n) is 24.4. The lowest BCUT2D eigenvalue weighted by Crippen LogP contribution is -2.54. The third-order valence-corrected chi connectivity index (χ3v) is 8.55. The molecule has 2 aliphatic rings. The van der Waals surface area contributed by atoms with Gasteiger partial charge in [0.2, 0.25) is 0 Å². The Bertz CT molecular complexity index is 1360. The van der Waals surface area contributed by atoms with Gasteiger partial charge in [0, 0.05) is 48.5 Å². The molecule has 42 heavy (non-hydrogen) atoms. The molecule has 3 aromatic rings. The van der Waals surface area contributed by atoms with E-state index in [1.165, 1.54) is 0 Å². The Morgan fingerprint density at radius 2 is 1.95 bits per heavy atom. The molecule has 9 nitrogen and oxygen atoms in total. The first-order chi connectivity index (χ1) is 20.5. The normalized spacial score (nSPS) is 20.6. The molecule has 1 aromatic heterocycles. The predicted octanol–water partition coefficient (Wildman–Crippen LogP) is 5.66. The summed E-state index contributed by atoms with van der Waals surface area (Å²) in [6.07, 6.45) is 5.95. The number of halogens is 1. The van der Waals surface area contributed by atoms with Crippen LogP contribution in [-0.2, 0) is 4.74 Å². The van der Waals surface area contributed by atoms with Gasteiger partial charge in [0.1, 0.15) is 0 Å². The number of alkyl carbamates (subject to hydrolysis) is 1. The fourth-order valence-electron chi connectivity index (χ4n) is 6.17. The molecule has 0 radical (unpaired) electrons. The Balaban J connectivity index is 1.40. The van der Waals surface area contributed by atoms with Gasteiger partial charge in [-0.1, -0.05) is 60.8 Å². The van der Waals surface area contributed by atoms with Crippen molar-refractivity contribution >= 4 is 29.3 Å². The number of hydrogen-bond donors (Lipinski definition) is 3. The lowest BCUT2D eigenvalue weighted by molar-refractivity contribution is 0.0624. The van der Waals surface area contributed by atoms with E-state index in [2.05, 4.69) is 27.4 Å². The number of hydrogen-bond acceptors (Lipinski definition) is 6. The van der Waals surface area contributed by atoms with Crippen molar-refractivity contribution in [1.82, 2.24) is 25.1 Å².